The van der Waals surface area contributed by atoms with Crippen LogP contribution in [0.5, 0.6) is 5.75 Å². The van der Waals surface area contributed by atoms with E-state index in [0.717, 1.165) is 12.2 Å². The first kappa shape index (κ1) is 19.9. The van der Waals surface area contributed by atoms with Crippen molar-refractivity contribution in [1.29, 1.82) is 0 Å². The predicted molar refractivity (Wildman–Crippen MR) is 108 cm³/mol. The Morgan fingerprint density at radius 1 is 1.04 bits per heavy atom. The van der Waals surface area contributed by atoms with Gasteiger partial charge in [-0.05, 0) is 61.9 Å². The fourth-order valence-electron chi connectivity index (χ4n) is 2.85. The average Bonchev–Trinajstić information content (AvgIpc) is 2.74. The van der Waals surface area contributed by atoms with Crippen LogP contribution in [-0.2, 0) is 4.74 Å². The molecule has 0 unspecified atom stereocenters. The summed E-state index contributed by atoms with van der Waals surface area (Å²) in [7, 11) is 0. The number of nitrogens with zero attached hydrogens (tertiary/aromatic N) is 1. The van der Waals surface area contributed by atoms with E-state index >= 15 is 0 Å². The zero-order valence-corrected chi connectivity index (χ0v) is 16.3. The highest BCUT2D eigenvalue weighted by atomic mass is 16.5. The molecule has 1 aliphatic heterocycles. The monoisotopic (exact) mass is 382 g/mol. The van der Waals surface area contributed by atoms with Crippen LogP contribution in [0.4, 0.5) is 5.69 Å². The van der Waals surface area contributed by atoms with Crippen molar-refractivity contribution in [3.8, 4) is 5.75 Å². The zero-order chi connectivity index (χ0) is 19.9. The van der Waals surface area contributed by atoms with Crippen molar-refractivity contribution in [2.75, 3.05) is 31.6 Å². The van der Waals surface area contributed by atoms with Gasteiger partial charge in [0.1, 0.15) is 5.75 Å². The molecule has 1 aliphatic rings. The van der Waals surface area contributed by atoms with E-state index in [2.05, 4.69) is 12.2 Å². The van der Waals surface area contributed by atoms with Gasteiger partial charge in [-0.3, -0.25) is 9.59 Å². The highest BCUT2D eigenvalue weighted by Crippen LogP contribution is 2.17. The van der Waals surface area contributed by atoms with Crippen LogP contribution in [-0.4, -0.2) is 49.1 Å². The summed E-state index contributed by atoms with van der Waals surface area (Å²) in [5.74, 6) is 0.525. The smallest absolute Gasteiger partial charge is 0.255 e. The molecule has 0 saturated carbocycles. The Labute approximate surface area is 165 Å². The number of hydrogen-bond acceptors (Lipinski definition) is 4. The second-order valence-electron chi connectivity index (χ2n) is 6.80. The van der Waals surface area contributed by atoms with Crippen LogP contribution < -0.4 is 10.1 Å². The molecule has 0 aromatic heterocycles. The van der Waals surface area contributed by atoms with Crippen molar-refractivity contribution in [3.63, 3.8) is 0 Å². The quantitative estimate of drug-likeness (QED) is 0.829. The minimum atomic E-state index is -0.206. The molecule has 6 heteroatoms. The number of anilines is 1. The maximum absolute atomic E-state index is 12.5. The lowest BCUT2D eigenvalue weighted by Gasteiger charge is -2.26. The first-order valence-electron chi connectivity index (χ1n) is 9.62. The highest BCUT2D eigenvalue weighted by Gasteiger charge is 2.18. The first-order chi connectivity index (χ1) is 13.6. The third kappa shape index (κ3) is 5.10. The Morgan fingerprint density at radius 3 is 2.25 bits per heavy atom. The Hall–Kier alpha value is -2.86. The second kappa shape index (κ2) is 9.37. The molecule has 3 rings (SSSR count). The number of morpholine rings is 1. The fourth-order valence-corrected chi connectivity index (χ4v) is 2.85. The maximum atomic E-state index is 12.5. The molecule has 0 aliphatic carbocycles. The number of ether oxygens (including phenoxy) is 2. The van der Waals surface area contributed by atoms with Crippen molar-refractivity contribution in [2.24, 2.45) is 0 Å². The highest BCUT2D eigenvalue weighted by molar-refractivity contribution is 6.04. The van der Waals surface area contributed by atoms with Gasteiger partial charge in [-0.1, -0.05) is 6.92 Å². The number of nitrogens with one attached hydrogen (secondary N) is 1. The molecule has 6 nitrogen and oxygen atoms in total. The molecule has 2 amide bonds. The molecule has 1 N–H and O–H groups in total. The standard InChI is InChI=1S/C22H26N2O4/c1-3-16(2)28-20-10-6-17(7-11-20)21(25)23-19-8-4-18(5-9-19)22(26)24-12-14-27-15-13-24/h4-11,16H,3,12-15H2,1-2H3,(H,23,25)/t16-/m1/s1. The number of benzene rings is 2. The van der Waals surface area contributed by atoms with Crippen molar-refractivity contribution in [1.82, 2.24) is 4.90 Å². The van der Waals surface area contributed by atoms with Crippen LogP contribution >= 0.6 is 0 Å². The lowest BCUT2D eigenvalue weighted by molar-refractivity contribution is 0.0303. The Balaban J connectivity index is 1.58. The largest absolute Gasteiger partial charge is 0.491 e. The van der Waals surface area contributed by atoms with Crippen LogP contribution in [0, 0.1) is 0 Å². The van der Waals surface area contributed by atoms with Gasteiger partial charge < -0.3 is 19.7 Å². The van der Waals surface area contributed by atoms with Gasteiger partial charge in [0.15, 0.2) is 0 Å². The van der Waals surface area contributed by atoms with Gasteiger partial charge in [0, 0.05) is 29.9 Å². The van der Waals surface area contributed by atoms with Gasteiger partial charge in [0.25, 0.3) is 11.8 Å². The fraction of sp³-hybridized carbons (Fsp3) is 0.364. The van der Waals surface area contributed by atoms with E-state index in [9.17, 15) is 9.59 Å². The summed E-state index contributed by atoms with van der Waals surface area (Å²) in [5, 5.41) is 2.85. The van der Waals surface area contributed by atoms with Gasteiger partial charge >= 0.3 is 0 Å². The predicted octanol–water partition coefficient (Wildman–Crippen LogP) is 3.59. The summed E-state index contributed by atoms with van der Waals surface area (Å²) in [6, 6.07) is 14.0. The number of carbonyl (C=O) groups excluding carboxylic acids is 2. The normalized spacial score (nSPS) is 15.0. The maximum Gasteiger partial charge on any atom is 0.255 e. The van der Waals surface area contributed by atoms with Crippen molar-refractivity contribution in [2.45, 2.75) is 26.4 Å². The van der Waals surface area contributed by atoms with Crippen LogP contribution in [0.1, 0.15) is 41.0 Å². The number of carbonyl (C=O) groups is 2. The van der Waals surface area contributed by atoms with Gasteiger partial charge in [-0.15, -0.1) is 0 Å². The van der Waals surface area contributed by atoms with E-state index in [-0.39, 0.29) is 17.9 Å². The van der Waals surface area contributed by atoms with Crippen molar-refractivity contribution in [3.05, 3.63) is 59.7 Å². The molecule has 0 spiro atoms. The topological polar surface area (TPSA) is 67.9 Å². The molecule has 0 radical (unpaired) electrons. The molecular weight excluding hydrogens is 356 g/mol. The second-order valence-corrected chi connectivity index (χ2v) is 6.80. The van der Waals surface area contributed by atoms with Crippen molar-refractivity contribution < 1.29 is 19.1 Å². The molecule has 1 atom stereocenters. The molecular formula is C22H26N2O4. The third-order valence-electron chi connectivity index (χ3n) is 4.72. The number of amides is 2. The first-order valence-corrected chi connectivity index (χ1v) is 9.62. The molecule has 1 saturated heterocycles. The molecule has 2 aromatic rings. The van der Waals surface area contributed by atoms with E-state index < -0.39 is 0 Å². The van der Waals surface area contributed by atoms with Crippen LogP contribution in [0.15, 0.2) is 48.5 Å². The molecule has 2 aromatic carbocycles. The van der Waals surface area contributed by atoms with E-state index in [1.807, 2.05) is 6.92 Å². The van der Waals surface area contributed by atoms with Gasteiger partial charge in [-0.2, -0.15) is 0 Å². The molecule has 148 valence electrons. The van der Waals surface area contributed by atoms with Crippen LogP contribution in [0.25, 0.3) is 0 Å². The van der Waals surface area contributed by atoms with E-state index in [4.69, 9.17) is 9.47 Å². The van der Waals surface area contributed by atoms with Crippen LogP contribution in [0.3, 0.4) is 0 Å². The summed E-state index contributed by atoms with van der Waals surface area (Å²) < 4.78 is 11.0. The molecule has 1 fully saturated rings. The van der Waals surface area contributed by atoms with Gasteiger partial charge in [0.05, 0.1) is 19.3 Å². The summed E-state index contributed by atoms with van der Waals surface area (Å²) in [5.41, 5.74) is 1.79. The Morgan fingerprint density at radius 2 is 1.64 bits per heavy atom. The van der Waals surface area contributed by atoms with E-state index in [1.54, 1.807) is 53.4 Å². The lowest BCUT2D eigenvalue weighted by atomic mass is 10.1. The SMILES string of the molecule is CC[C@@H](C)Oc1ccc(C(=O)Nc2ccc(C(=O)N3CCOCC3)cc2)cc1. The van der Waals surface area contributed by atoms with E-state index in [0.29, 0.717) is 43.1 Å². The Kier molecular flexibility index (Phi) is 6.66. The number of hydrogen-bond donors (Lipinski definition) is 1. The van der Waals surface area contributed by atoms with Crippen LogP contribution in [0.2, 0.25) is 0 Å². The molecule has 28 heavy (non-hydrogen) atoms. The summed E-state index contributed by atoms with van der Waals surface area (Å²) in [6.45, 7) is 6.42. The Bertz CT molecular complexity index is 796. The van der Waals surface area contributed by atoms with Gasteiger partial charge in [-0.25, -0.2) is 0 Å². The zero-order valence-electron chi connectivity index (χ0n) is 16.3. The minimum Gasteiger partial charge on any atom is -0.491 e. The average molecular weight is 382 g/mol. The lowest BCUT2D eigenvalue weighted by Crippen LogP contribution is -2.40. The summed E-state index contributed by atoms with van der Waals surface area (Å²) in [6.07, 6.45) is 1.06. The molecule has 1 heterocycles. The third-order valence-corrected chi connectivity index (χ3v) is 4.72. The van der Waals surface area contributed by atoms with E-state index in [1.165, 1.54) is 0 Å². The minimum absolute atomic E-state index is 0.0157. The molecule has 0 bridgehead atoms. The summed E-state index contributed by atoms with van der Waals surface area (Å²) >= 11 is 0. The number of rotatable bonds is 6. The summed E-state index contributed by atoms with van der Waals surface area (Å²) in [4.78, 5) is 26.7. The van der Waals surface area contributed by atoms with Gasteiger partial charge in [0.2, 0.25) is 0 Å². The van der Waals surface area contributed by atoms with Crippen molar-refractivity contribution >= 4 is 17.5 Å².